The van der Waals surface area contributed by atoms with Crippen molar-refractivity contribution in [2.45, 2.75) is 150 Å². The molecular weight excluding hydrogens is 533 g/mol. The summed E-state index contributed by atoms with van der Waals surface area (Å²) in [7, 11) is 2.79. The fraction of sp³-hybridized carbons (Fsp3) is 0.812. The summed E-state index contributed by atoms with van der Waals surface area (Å²) < 4.78 is 2.01. The molecule has 202 valence electrons. The molecule has 1 aromatic rings. The summed E-state index contributed by atoms with van der Waals surface area (Å²) in [5, 5.41) is 3.39. The van der Waals surface area contributed by atoms with Crippen LogP contribution in [0.2, 0.25) is 38.5 Å². The third-order valence-electron chi connectivity index (χ3n) is 18.8. The van der Waals surface area contributed by atoms with Crippen molar-refractivity contribution in [3.05, 3.63) is 30.3 Å². The zero-order valence-electron chi connectivity index (χ0n) is 24.8. The molecule has 0 bridgehead atoms. The first-order chi connectivity index (χ1) is 16.1. The average Bonchev–Trinajstić information content (AvgIpc) is 3.61. The van der Waals surface area contributed by atoms with Gasteiger partial charge in [0.15, 0.2) is 0 Å². The molecule has 10 heterocycles. The summed E-state index contributed by atoms with van der Waals surface area (Å²) >= 11 is 0. The van der Waals surface area contributed by atoms with E-state index in [0.29, 0.717) is 20.6 Å². The van der Waals surface area contributed by atoms with Crippen LogP contribution in [0.25, 0.3) is 0 Å². The van der Waals surface area contributed by atoms with Crippen molar-refractivity contribution in [2.24, 2.45) is 0 Å². The van der Waals surface area contributed by atoms with Crippen LogP contribution in [0, 0.1) is 0 Å². The van der Waals surface area contributed by atoms with Crippen LogP contribution in [-0.2, 0) is 6.51 Å². The van der Waals surface area contributed by atoms with Crippen LogP contribution in [0.1, 0.15) is 83.1 Å². The predicted molar refractivity (Wildman–Crippen MR) is 164 cm³/mol. The Labute approximate surface area is 216 Å². The molecule has 0 nitrogen and oxygen atoms in total. The van der Waals surface area contributed by atoms with Crippen LogP contribution < -0.4 is 5.30 Å². The van der Waals surface area contributed by atoms with Crippen molar-refractivity contribution in [3.8, 4) is 0 Å². The van der Waals surface area contributed by atoms with E-state index >= 15 is 0 Å². The Morgan fingerprint density at radius 2 is 0.861 bits per heavy atom. The van der Waals surface area contributed by atoms with Crippen LogP contribution in [0.15, 0.2) is 30.3 Å². The Bertz CT molecular complexity index is 1500. The average molecular weight is 585 g/mol. The van der Waals surface area contributed by atoms with Gasteiger partial charge in [-0.3, -0.25) is 0 Å². The molecule has 4 heteroatoms. The largest absolute Gasteiger partial charge is 0.106 e. The molecule has 10 aliphatic rings. The first-order valence-electron chi connectivity index (χ1n) is 14.7. The molecule has 10 fully saturated rings. The van der Waals surface area contributed by atoms with Gasteiger partial charge in [-0.2, -0.15) is 0 Å². The number of rotatable bonds is 2. The molecule has 5 unspecified atom stereocenters. The molecule has 1 spiro atoms. The normalized spacial score (nSPS) is 66.4. The van der Waals surface area contributed by atoms with Crippen LogP contribution >= 0.6 is 25.1 Å². The van der Waals surface area contributed by atoms with E-state index in [0.717, 1.165) is 8.11 Å². The Morgan fingerprint density at radius 3 is 1.03 bits per heavy atom. The molecule has 0 saturated carbocycles. The second-order valence-electron chi connectivity index (χ2n) is 20.4. The summed E-state index contributed by atoms with van der Waals surface area (Å²) in [4.78, 5) is 11.4. The molecule has 1 aromatic carbocycles. The van der Waals surface area contributed by atoms with E-state index in [-0.39, 0.29) is 15.8 Å². The minimum atomic E-state index is -3.47. The Balaban J connectivity index is 0.000000232. The summed E-state index contributed by atoms with van der Waals surface area (Å²) in [6, 6.07) is 10.1. The Kier molecular flexibility index (Phi) is 1.93. The van der Waals surface area contributed by atoms with Crippen molar-refractivity contribution in [1.29, 1.82) is 0 Å². The zero-order valence-corrected chi connectivity index (χ0v) is 28.9. The third-order valence-corrected chi connectivity index (χ3v) is 78.2. The molecule has 11 rings (SSSR count). The van der Waals surface area contributed by atoms with Gasteiger partial charge in [0.2, 0.25) is 0 Å². The second kappa shape index (κ2) is 3.07. The van der Waals surface area contributed by atoms with Crippen molar-refractivity contribution in [1.82, 2.24) is 0 Å². The van der Waals surface area contributed by atoms with Gasteiger partial charge in [0.1, 0.15) is 0 Å². The number of hydrogen-bond donors (Lipinski definition) is 0. The van der Waals surface area contributed by atoms with Crippen molar-refractivity contribution >= 4 is 30.4 Å². The van der Waals surface area contributed by atoms with Gasteiger partial charge in [-0.15, -0.1) is 9.24 Å². The SMILES string of the molecule is CC(C)(C)P(C(C)(C)C)[C]12[CH]3[CH]4[CH]5[C]1(P(C(C)(C)C)C(C)(C)C)[Fe]43521678[CH]2[CH]1[CH]6[CH]7[CH]28.Pc1ccccc1. The first-order valence-corrected chi connectivity index (χ1v) is 24.2. The summed E-state index contributed by atoms with van der Waals surface area (Å²) in [6.45, 7) is 28.9. The van der Waals surface area contributed by atoms with Gasteiger partial charge in [0.25, 0.3) is 0 Å². The minimum Gasteiger partial charge on any atom is -0.106 e. The second-order valence-corrected chi connectivity index (χ2v) is 53.2. The number of benzene rings is 1. The maximum atomic E-state index is 2.69. The molecule has 0 aromatic heterocycles. The van der Waals surface area contributed by atoms with E-state index < -0.39 is 6.51 Å². The smallest absolute Gasteiger partial charge is 0.0303 e. The van der Waals surface area contributed by atoms with Gasteiger partial charge in [0.05, 0.1) is 0 Å². The molecule has 0 aliphatic carbocycles. The van der Waals surface area contributed by atoms with E-state index in [2.05, 4.69) is 92.3 Å². The maximum absolute atomic E-state index is 3.47. The van der Waals surface area contributed by atoms with Gasteiger partial charge in [0, 0.05) is 0 Å². The van der Waals surface area contributed by atoms with Crippen LogP contribution in [-0.4, -0.2) is 28.7 Å². The van der Waals surface area contributed by atoms with Crippen molar-refractivity contribution in [2.75, 3.05) is 0 Å². The molecule has 0 radical (unpaired) electrons. The Hall–Kier alpha value is 1.03. The van der Waals surface area contributed by atoms with E-state index in [1.807, 2.05) is 30.3 Å². The monoisotopic (exact) mass is 584 g/mol. The van der Waals surface area contributed by atoms with Gasteiger partial charge < -0.3 is 0 Å². The Morgan fingerprint density at radius 1 is 0.556 bits per heavy atom. The molecule has 0 N–H and O–H groups in total. The fourth-order valence-electron chi connectivity index (χ4n) is 22.0. The molecular formula is C32H51FeP3. The van der Waals surface area contributed by atoms with Crippen molar-refractivity contribution in [3.63, 3.8) is 0 Å². The number of fused-ring (bicyclic) bond motifs is 10. The molecule has 10 aliphatic heterocycles. The first kappa shape index (κ1) is 22.7. The van der Waals surface area contributed by atoms with Crippen LogP contribution in [0.3, 0.4) is 0 Å². The van der Waals surface area contributed by atoms with E-state index in [1.54, 1.807) is 0 Å². The van der Waals surface area contributed by atoms with Crippen molar-refractivity contribution < 1.29 is 6.51 Å². The minimum absolute atomic E-state index is 0.0807. The standard InChI is InChI=1S/C21H39P2.C6H7P.C5H5.Fe/c1-18(2,3)22(19(4,5)6)16-14-13-15-17(16)23(20(7,8)9)21(10,11)12;7-6-4-2-1-3-5-6;1-2-4-5-3-1;/h13-15H,1-12H3;1-5H,7H2;1-5H;. The van der Waals surface area contributed by atoms with Gasteiger partial charge in [-0.05, 0) is 5.30 Å². The summed E-state index contributed by atoms with van der Waals surface area (Å²) in [5.74, 6) is 0. The molecule has 36 heavy (non-hydrogen) atoms. The number of hydrogen-bond acceptors (Lipinski definition) is 0. The predicted octanol–water partition coefficient (Wildman–Crippen LogP) is 10.5. The molecule has 0 amide bonds. The van der Waals surface area contributed by atoms with Gasteiger partial charge in [-0.1, -0.05) is 30.3 Å². The third kappa shape index (κ3) is 0.548. The molecule has 10 saturated heterocycles. The fourth-order valence-corrected chi connectivity index (χ4v) is 134. The maximum Gasteiger partial charge on any atom is -0.0303 e. The molecule has 5 atom stereocenters. The van der Waals surface area contributed by atoms with E-state index in [9.17, 15) is 0 Å². The topological polar surface area (TPSA) is 0 Å². The van der Waals surface area contributed by atoms with Crippen LogP contribution in [0.5, 0.6) is 0 Å². The quantitative estimate of drug-likeness (QED) is 0.240. The van der Waals surface area contributed by atoms with Gasteiger partial charge in [-0.25, -0.2) is 0 Å². The van der Waals surface area contributed by atoms with Gasteiger partial charge >= 0.3 is 173 Å². The summed E-state index contributed by atoms with van der Waals surface area (Å²) in [6.07, 6.45) is 0. The van der Waals surface area contributed by atoms with E-state index in [4.69, 9.17) is 0 Å². The van der Waals surface area contributed by atoms with Crippen LogP contribution in [0.4, 0.5) is 0 Å². The van der Waals surface area contributed by atoms with E-state index in [1.165, 1.54) is 43.8 Å². The zero-order chi connectivity index (χ0) is 26.2. The summed E-state index contributed by atoms with van der Waals surface area (Å²) in [5.41, 5.74) is 0.